The van der Waals surface area contributed by atoms with Gasteiger partial charge < -0.3 is 4.90 Å². The first-order valence-electron chi connectivity index (χ1n) is 9.72. The van der Waals surface area contributed by atoms with Crippen molar-refractivity contribution in [3.63, 3.8) is 0 Å². The summed E-state index contributed by atoms with van der Waals surface area (Å²) in [7, 11) is -3.11. The van der Waals surface area contributed by atoms with Gasteiger partial charge in [-0.2, -0.15) is 0 Å². The largest absolute Gasteiger partial charge is 0.339 e. The molecule has 0 bridgehead atoms. The van der Waals surface area contributed by atoms with Crippen molar-refractivity contribution in [1.82, 2.24) is 9.21 Å². The maximum absolute atomic E-state index is 13.1. The Morgan fingerprint density at radius 2 is 1.67 bits per heavy atom. The number of rotatable bonds is 3. The molecule has 24 heavy (non-hydrogen) atoms. The molecule has 1 amide bonds. The first kappa shape index (κ1) is 18.2. The molecule has 0 radical (unpaired) electrons. The van der Waals surface area contributed by atoms with E-state index in [9.17, 15) is 13.2 Å². The fourth-order valence-electron chi connectivity index (χ4n) is 4.98. The Kier molecular flexibility index (Phi) is 5.55. The van der Waals surface area contributed by atoms with Crippen LogP contribution < -0.4 is 0 Å². The first-order valence-corrected chi connectivity index (χ1v) is 11.3. The molecular weight excluding hydrogens is 324 g/mol. The zero-order chi connectivity index (χ0) is 17.3. The van der Waals surface area contributed by atoms with E-state index in [4.69, 9.17) is 0 Å². The highest BCUT2D eigenvalue weighted by molar-refractivity contribution is 7.89. The summed E-state index contributed by atoms with van der Waals surface area (Å²) in [6.45, 7) is 5.94. The van der Waals surface area contributed by atoms with Gasteiger partial charge in [0.2, 0.25) is 15.9 Å². The maximum atomic E-state index is 13.1. The molecule has 0 aromatic heterocycles. The zero-order valence-corrected chi connectivity index (χ0v) is 15.9. The average Bonchev–Trinajstić information content (AvgIpc) is 2.62. The molecule has 0 aromatic carbocycles. The zero-order valence-electron chi connectivity index (χ0n) is 15.1. The van der Waals surface area contributed by atoms with Gasteiger partial charge in [-0.25, -0.2) is 12.7 Å². The van der Waals surface area contributed by atoms with E-state index < -0.39 is 10.0 Å². The standard InChI is InChI=1S/C18H32N2O3S/c1-3-24(22,23)19-11-9-15(10-12-19)18(21)20-13-8-14(2)16-6-4-5-7-17(16)20/h14-17H,3-13H2,1-2H3. The second kappa shape index (κ2) is 7.32. The highest BCUT2D eigenvalue weighted by atomic mass is 32.2. The van der Waals surface area contributed by atoms with Crippen LogP contribution in [0, 0.1) is 17.8 Å². The average molecular weight is 357 g/mol. The SMILES string of the molecule is CCS(=O)(=O)N1CCC(C(=O)N2CCC(C)C3CCCCC32)CC1. The topological polar surface area (TPSA) is 57.7 Å². The number of carbonyl (C=O) groups excluding carboxylic acids is 1. The van der Waals surface area contributed by atoms with Crippen molar-refractivity contribution in [3.05, 3.63) is 0 Å². The molecule has 0 N–H and O–H groups in total. The summed E-state index contributed by atoms with van der Waals surface area (Å²) < 4.78 is 25.5. The van der Waals surface area contributed by atoms with Gasteiger partial charge in [-0.15, -0.1) is 0 Å². The molecule has 2 saturated heterocycles. The van der Waals surface area contributed by atoms with E-state index in [1.807, 2.05) is 0 Å². The Labute approximate surface area is 146 Å². The van der Waals surface area contributed by atoms with Crippen LogP contribution in [-0.4, -0.2) is 55.0 Å². The maximum Gasteiger partial charge on any atom is 0.226 e. The number of carbonyl (C=O) groups is 1. The van der Waals surface area contributed by atoms with E-state index in [1.165, 1.54) is 19.3 Å². The number of nitrogens with zero attached hydrogens (tertiary/aromatic N) is 2. The lowest BCUT2D eigenvalue weighted by Crippen LogP contribution is -2.55. The molecular formula is C18H32N2O3S. The van der Waals surface area contributed by atoms with Crippen LogP contribution in [0.4, 0.5) is 0 Å². The molecule has 5 nitrogen and oxygen atoms in total. The Morgan fingerprint density at radius 3 is 2.33 bits per heavy atom. The number of piperidine rings is 2. The lowest BCUT2D eigenvalue weighted by atomic mass is 9.72. The predicted molar refractivity (Wildman–Crippen MR) is 95.0 cm³/mol. The molecule has 3 aliphatic rings. The summed E-state index contributed by atoms with van der Waals surface area (Å²) in [6.07, 6.45) is 7.46. The Hall–Kier alpha value is -0.620. The van der Waals surface area contributed by atoms with E-state index >= 15 is 0 Å². The van der Waals surface area contributed by atoms with Crippen molar-refractivity contribution >= 4 is 15.9 Å². The number of hydrogen-bond donors (Lipinski definition) is 0. The minimum Gasteiger partial charge on any atom is -0.339 e. The monoisotopic (exact) mass is 356 g/mol. The second-order valence-electron chi connectivity index (χ2n) is 7.89. The van der Waals surface area contributed by atoms with E-state index in [0.717, 1.165) is 25.3 Å². The number of sulfonamides is 1. The van der Waals surface area contributed by atoms with Crippen molar-refractivity contribution in [1.29, 1.82) is 0 Å². The van der Waals surface area contributed by atoms with Gasteiger partial charge in [0.1, 0.15) is 0 Å². The quantitative estimate of drug-likeness (QED) is 0.780. The summed E-state index contributed by atoms with van der Waals surface area (Å²) in [5.41, 5.74) is 0. The molecule has 3 rings (SSSR count). The summed E-state index contributed by atoms with van der Waals surface area (Å²) >= 11 is 0. The predicted octanol–water partition coefficient (Wildman–Crippen LogP) is 2.48. The molecule has 138 valence electrons. The number of fused-ring (bicyclic) bond motifs is 1. The number of likely N-dealkylation sites (tertiary alicyclic amines) is 1. The van der Waals surface area contributed by atoms with Gasteiger partial charge in [0.25, 0.3) is 0 Å². The second-order valence-corrected chi connectivity index (χ2v) is 10.1. The highest BCUT2D eigenvalue weighted by Crippen LogP contribution is 2.39. The van der Waals surface area contributed by atoms with Crippen molar-refractivity contribution in [3.8, 4) is 0 Å². The Bertz CT molecular complexity index is 555. The molecule has 1 aliphatic carbocycles. The van der Waals surface area contributed by atoms with Crippen molar-refractivity contribution in [2.24, 2.45) is 17.8 Å². The van der Waals surface area contributed by atoms with Crippen molar-refractivity contribution in [2.75, 3.05) is 25.4 Å². The molecule has 0 spiro atoms. The van der Waals surface area contributed by atoms with Crippen molar-refractivity contribution in [2.45, 2.75) is 64.8 Å². The minimum absolute atomic E-state index is 0.0179. The fraction of sp³-hybridized carbons (Fsp3) is 0.944. The van der Waals surface area contributed by atoms with Crippen molar-refractivity contribution < 1.29 is 13.2 Å². The lowest BCUT2D eigenvalue weighted by Gasteiger charge is -2.48. The van der Waals surface area contributed by atoms with Crippen LogP contribution >= 0.6 is 0 Å². The third kappa shape index (κ3) is 3.50. The van der Waals surface area contributed by atoms with Gasteiger partial charge in [0, 0.05) is 31.6 Å². The number of hydrogen-bond acceptors (Lipinski definition) is 3. The van der Waals surface area contributed by atoms with Gasteiger partial charge in [-0.1, -0.05) is 19.8 Å². The van der Waals surface area contributed by atoms with Crippen LogP contribution in [0.1, 0.15) is 58.8 Å². The third-order valence-electron chi connectivity index (χ3n) is 6.58. The molecule has 3 fully saturated rings. The van der Waals surface area contributed by atoms with Crippen LogP contribution in [0.2, 0.25) is 0 Å². The van der Waals surface area contributed by atoms with Crippen LogP contribution in [0.3, 0.4) is 0 Å². The van der Waals surface area contributed by atoms with Crippen LogP contribution in [0.15, 0.2) is 0 Å². The van der Waals surface area contributed by atoms with E-state index in [2.05, 4.69) is 11.8 Å². The molecule has 1 saturated carbocycles. The van der Waals surface area contributed by atoms with Gasteiger partial charge in [0.05, 0.1) is 5.75 Å². The molecule has 3 unspecified atom stereocenters. The Balaban J connectivity index is 1.63. The van der Waals surface area contributed by atoms with Gasteiger partial charge >= 0.3 is 0 Å². The van der Waals surface area contributed by atoms with E-state index in [1.54, 1.807) is 11.2 Å². The Morgan fingerprint density at radius 1 is 1.00 bits per heavy atom. The van der Waals surface area contributed by atoms with E-state index in [0.29, 0.717) is 43.8 Å². The molecule has 2 heterocycles. The smallest absolute Gasteiger partial charge is 0.226 e. The van der Waals surface area contributed by atoms with E-state index in [-0.39, 0.29) is 11.7 Å². The summed E-state index contributed by atoms with van der Waals surface area (Å²) in [4.78, 5) is 15.3. The molecule has 2 aliphatic heterocycles. The summed E-state index contributed by atoms with van der Waals surface area (Å²) in [5, 5.41) is 0. The van der Waals surface area contributed by atoms with Gasteiger partial charge in [-0.05, 0) is 50.9 Å². The normalized spacial score (nSPS) is 33.2. The fourth-order valence-corrected chi connectivity index (χ4v) is 6.12. The van der Waals surface area contributed by atoms with Crippen LogP contribution in [0.25, 0.3) is 0 Å². The van der Waals surface area contributed by atoms with Crippen LogP contribution in [0.5, 0.6) is 0 Å². The minimum atomic E-state index is -3.11. The number of amides is 1. The first-order chi connectivity index (χ1) is 11.4. The van der Waals surface area contributed by atoms with Gasteiger partial charge in [0.15, 0.2) is 0 Å². The molecule has 6 heteroatoms. The van der Waals surface area contributed by atoms with Gasteiger partial charge in [-0.3, -0.25) is 4.79 Å². The summed E-state index contributed by atoms with van der Waals surface area (Å²) in [5.74, 6) is 1.88. The third-order valence-corrected chi connectivity index (χ3v) is 8.46. The highest BCUT2D eigenvalue weighted by Gasteiger charge is 2.42. The summed E-state index contributed by atoms with van der Waals surface area (Å²) in [6, 6.07) is 0.437. The molecule has 0 aromatic rings. The van der Waals surface area contributed by atoms with Crippen LogP contribution in [-0.2, 0) is 14.8 Å². The molecule has 3 atom stereocenters. The lowest BCUT2D eigenvalue weighted by molar-refractivity contribution is -0.144.